The van der Waals surface area contributed by atoms with E-state index in [9.17, 15) is 13.2 Å². The summed E-state index contributed by atoms with van der Waals surface area (Å²) in [5, 5.41) is 0. The van der Waals surface area contributed by atoms with Gasteiger partial charge in [0.15, 0.2) is 0 Å². The lowest BCUT2D eigenvalue weighted by molar-refractivity contribution is -0.137. The number of hydrogen-bond acceptors (Lipinski definition) is 4. The van der Waals surface area contributed by atoms with Crippen molar-refractivity contribution in [3.8, 4) is 0 Å². The van der Waals surface area contributed by atoms with Gasteiger partial charge < -0.3 is 14.5 Å². The van der Waals surface area contributed by atoms with Crippen molar-refractivity contribution < 1.29 is 17.9 Å². The van der Waals surface area contributed by atoms with Gasteiger partial charge in [0, 0.05) is 32.4 Å². The van der Waals surface area contributed by atoms with Crippen LogP contribution in [0.4, 0.5) is 19.0 Å². The second kappa shape index (κ2) is 6.52. The van der Waals surface area contributed by atoms with Crippen LogP contribution >= 0.6 is 0 Å². The van der Waals surface area contributed by atoms with Crippen LogP contribution in [0.3, 0.4) is 0 Å². The molecule has 2 aliphatic rings. The Labute approximate surface area is 140 Å². The molecular formula is C17H24F3N3O. The monoisotopic (exact) mass is 343 g/mol. The number of nitrogens with zero attached hydrogens (tertiary/aromatic N) is 3. The minimum absolute atomic E-state index is 0.0646. The van der Waals surface area contributed by atoms with Crippen molar-refractivity contribution in [2.75, 3.05) is 39.2 Å². The van der Waals surface area contributed by atoms with Crippen molar-refractivity contribution in [2.24, 2.45) is 11.8 Å². The summed E-state index contributed by atoms with van der Waals surface area (Å²) in [6, 6.07) is 2.77. The molecule has 1 aliphatic heterocycles. The van der Waals surface area contributed by atoms with Gasteiger partial charge in [-0.3, -0.25) is 0 Å². The van der Waals surface area contributed by atoms with Gasteiger partial charge in [-0.15, -0.1) is 0 Å². The van der Waals surface area contributed by atoms with Crippen LogP contribution in [-0.2, 0) is 10.9 Å². The largest absolute Gasteiger partial charge is 0.419 e. The first-order valence-electron chi connectivity index (χ1n) is 8.27. The smallest absolute Gasteiger partial charge is 0.380 e. The Morgan fingerprint density at radius 3 is 2.46 bits per heavy atom. The number of aromatic nitrogens is 1. The zero-order chi connectivity index (χ0) is 17.5. The number of rotatable bonds is 3. The van der Waals surface area contributed by atoms with Gasteiger partial charge in [0.25, 0.3) is 0 Å². The molecule has 1 aromatic rings. The van der Waals surface area contributed by atoms with E-state index in [0.29, 0.717) is 31.0 Å². The quantitative estimate of drug-likeness (QED) is 0.844. The molecule has 1 saturated heterocycles. The molecule has 1 aliphatic carbocycles. The van der Waals surface area contributed by atoms with Crippen LogP contribution in [0, 0.1) is 11.8 Å². The highest BCUT2D eigenvalue weighted by Gasteiger charge is 2.45. The number of ether oxygens (including phenoxy) is 1. The maximum atomic E-state index is 13.3. The van der Waals surface area contributed by atoms with Gasteiger partial charge in [-0.25, -0.2) is 4.98 Å². The van der Waals surface area contributed by atoms with E-state index in [-0.39, 0.29) is 11.9 Å². The topological polar surface area (TPSA) is 28.6 Å². The molecule has 2 heterocycles. The SMILES string of the molecule is CO[C@@H]1C[C@H]2CN(c3ncccc3C(F)(F)F)C[C@H]2C[C@H]1N(C)C. The summed E-state index contributed by atoms with van der Waals surface area (Å²) in [4.78, 5) is 8.01. The molecule has 0 spiro atoms. The molecule has 134 valence electrons. The molecule has 1 saturated carbocycles. The summed E-state index contributed by atoms with van der Waals surface area (Å²) in [5.41, 5.74) is -0.643. The fourth-order valence-electron chi connectivity index (χ4n) is 4.23. The van der Waals surface area contributed by atoms with Crippen molar-refractivity contribution in [1.29, 1.82) is 0 Å². The minimum Gasteiger partial charge on any atom is -0.380 e. The first-order chi connectivity index (χ1) is 11.3. The van der Waals surface area contributed by atoms with E-state index in [1.165, 1.54) is 12.3 Å². The summed E-state index contributed by atoms with van der Waals surface area (Å²) in [6.07, 6.45) is -0.978. The van der Waals surface area contributed by atoms with Gasteiger partial charge in [0.1, 0.15) is 5.82 Å². The van der Waals surface area contributed by atoms with E-state index in [1.54, 1.807) is 7.11 Å². The highest BCUT2D eigenvalue weighted by Crippen LogP contribution is 2.42. The Kier molecular flexibility index (Phi) is 4.75. The number of alkyl halides is 3. The molecule has 7 heteroatoms. The van der Waals surface area contributed by atoms with Crippen LogP contribution in [0.15, 0.2) is 18.3 Å². The summed E-state index contributed by atoms with van der Waals surface area (Å²) in [5.74, 6) is 0.802. The number of halogens is 3. The van der Waals surface area contributed by atoms with E-state index in [4.69, 9.17) is 4.74 Å². The number of methoxy groups -OCH3 is 1. The zero-order valence-electron chi connectivity index (χ0n) is 14.3. The third-order valence-electron chi connectivity index (χ3n) is 5.44. The standard InChI is InChI=1S/C17H24F3N3O/c1-22(2)14-7-11-9-23(10-12(11)8-15(14)24-3)16-13(17(18,19)20)5-4-6-21-16/h4-6,11-12,14-15H,7-10H2,1-3H3/t11-,12+,14-,15-/m1/s1. The lowest BCUT2D eigenvalue weighted by Gasteiger charge is -2.40. The predicted molar refractivity (Wildman–Crippen MR) is 85.9 cm³/mol. The van der Waals surface area contributed by atoms with E-state index in [0.717, 1.165) is 18.9 Å². The fraction of sp³-hybridized carbons (Fsp3) is 0.706. The maximum Gasteiger partial charge on any atom is 0.419 e. The van der Waals surface area contributed by atoms with Crippen LogP contribution in [0.2, 0.25) is 0 Å². The van der Waals surface area contributed by atoms with Crippen LogP contribution in [0.1, 0.15) is 18.4 Å². The normalized spacial score (nSPS) is 30.7. The van der Waals surface area contributed by atoms with Crippen molar-refractivity contribution in [1.82, 2.24) is 9.88 Å². The lowest BCUT2D eigenvalue weighted by atomic mass is 9.77. The highest BCUT2D eigenvalue weighted by atomic mass is 19.4. The number of fused-ring (bicyclic) bond motifs is 1. The Balaban J connectivity index is 1.81. The summed E-state index contributed by atoms with van der Waals surface area (Å²) < 4.78 is 45.4. The zero-order valence-corrected chi connectivity index (χ0v) is 14.3. The molecule has 0 bridgehead atoms. The van der Waals surface area contributed by atoms with E-state index in [1.807, 2.05) is 19.0 Å². The summed E-state index contributed by atoms with van der Waals surface area (Å²) >= 11 is 0. The van der Waals surface area contributed by atoms with Gasteiger partial charge in [-0.2, -0.15) is 13.2 Å². The minimum atomic E-state index is -4.38. The molecule has 3 rings (SSSR count). The molecule has 4 nitrogen and oxygen atoms in total. The molecule has 24 heavy (non-hydrogen) atoms. The van der Waals surface area contributed by atoms with Crippen molar-refractivity contribution >= 4 is 5.82 Å². The molecule has 0 unspecified atom stereocenters. The van der Waals surface area contributed by atoms with E-state index in [2.05, 4.69) is 9.88 Å². The molecule has 0 N–H and O–H groups in total. The summed E-state index contributed by atoms with van der Waals surface area (Å²) in [7, 11) is 5.78. The number of pyridine rings is 1. The molecule has 0 radical (unpaired) electrons. The molecule has 2 fully saturated rings. The highest BCUT2D eigenvalue weighted by molar-refractivity contribution is 5.49. The van der Waals surface area contributed by atoms with Gasteiger partial charge >= 0.3 is 6.18 Å². The summed E-state index contributed by atoms with van der Waals surface area (Å²) in [6.45, 7) is 1.25. The predicted octanol–water partition coefficient (Wildman–Crippen LogP) is 2.89. The van der Waals surface area contributed by atoms with Crippen molar-refractivity contribution in [3.05, 3.63) is 23.9 Å². The van der Waals surface area contributed by atoms with Crippen LogP contribution in [0.25, 0.3) is 0 Å². The Morgan fingerprint density at radius 2 is 1.88 bits per heavy atom. The molecule has 0 amide bonds. The number of anilines is 1. The Hall–Kier alpha value is -1.34. The van der Waals surface area contributed by atoms with Gasteiger partial charge in [-0.1, -0.05) is 0 Å². The van der Waals surface area contributed by atoms with Gasteiger partial charge in [0.05, 0.1) is 11.7 Å². The first-order valence-corrected chi connectivity index (χ1v) is 8.27. The second-order valence-electron chi connectivity index (χ2n) is 7.07. The Bertz CT molecular complexity index is 578. The average Bonchev–Trinajstić information content (AvgIpc) is 2.95. The first kappa shape index (κ1) is 17.5. The van der Waals surface area contributed by atoms with Crippen LogP contribution in [0.5, 0.6) is 0 Å². The number of hydrogen-bond donors (Lipinski definition) is 0. The van der Waals surface area contributed by atoms with Crippen LogP contribution < -0.4 is 4.90 Å². The Morgan fingerprint density at radius 1 is 1.21 bits per heavy atom. The van der Waals surface area contributed by atoms with Gasteiger partial charge in [0.2, 0.25) is 0 Å². The number of likely N-dealkylation sites (N-methyl/N-ethyl adjacent to an activating group) is 1. The van der Waals surface area contributed by atoms with Crippen LogP contribution in [-0.4, -0.2) is 56.3 Å². The second-order valence-corrected chi connectivity index (χ2v) is 7.07. The van der Waals surface area contributed by atoms with E-state index < -0.39 is 11.7 Å². The maximum absolute atomic E-state index is 13.3. The molecule has 1 aromatic heterocycles. The van der Waals surface area contributed by atoms with Crippen molar-refractivity contribution in [3.63, 3.8) is 0 Å². The lowest BCUT2D eigenvalue weighted by Crippen LogP contribution is -2.47. The molecular weight excluding hydrogens is 319 g/mol. The third-order valence-corrected chi connectivity index (χ3v) is 5.44. The molecule has 4 atom stereocenters. The van der Waals surface area contributed by atoms with Crippen molar-refractivity contribution in [2.45, 2.75) is 31.2 Å². The fourth-order valence-corrected chi connectivity index (χ4v) is 4.23. The molecule has 0 aromatic carbocycles. The van der Waals surface area contributed by atoms with E-state index >= 15 is 0 Å². The third kappa shape index (κ3) is 3.24. The average molecular weight is 343 g/mol. The van der Waals surface area contributed by atoms with Gasteiger partial charge in [-0.05, 0) is 50.9 Å².